The Hall–Kier alpha value is -11.0. The third-order valence-corrected chi connectivity index (χ3v) is 28.2. The Morgan fingerprint density at radius 2 is 0.791 bits per heavy atom. The van der Waals surface area contributed by atoms with Crippen LogP contribution in [-0.2, 0) is 9.59 Å². The van der Waals surface area contributed by atoms with Crippen LogP contribution < -0.4 is 60.8 Å². The Bertz CT molecular complexity index is 5320. The summed E-state index contributed by atoms with van der Waals surface area (Å²) >= 11 is 0. The molecule has 0 bridgehead atoms. The summed E-state index contributed by atoms with van der Waals surface area (Å²) in [5.41, 5.74) is 12.6. The molecule has 6 N–H and O–H groups in total. The highest BCUT2D eigenvalue weighted by Crippen LogP contribution is 2.47. The van der Waals surface area contributed by atoms with Gasteiger partial charge in [0.2, 0.25) is 11.8 Å². The smallest absolute Gasteiger partial charge is 0.391 e. The van der Waals surface area contributed by atoms with Crippen LogP contribution in [-0.4, -0.2) is 284 Å². The maximum Gasteiger partial charge on any atom is 0.391 e. The van der Waals surface area contributed by atoms with Crippen LogP contribution in [0.25, 0.3) is 11.1 Å². The minimum absolute atomic E-state index is 0.0131. The van der Waals surface area contributed by atoms with Crippen molar-refractivity contribution in [2.75, 3.05) is 191 Å². The monoisotopic (exact) mass is 1840 g/mol. The number of rotatable bonds is 20. The molecule has 18 rings (SSSR count). The van der Waals surface area contributed by atoms with Crippen LogP contribution in [0.5, 0.6) is 17.2 Å². The standard InChI is InChI=1S/C37H46FN5O3.C34H42F3N5O4.C33H43N5O4/c1-25(2)18-32-24-42(36(44)29-19-26(3)20-31(21-29)41-14-12-39-13-15-41)16-17-43(32)37(45)28-6-9-35(46-33-10-11-40-23-33)34(22-28)27-4-7-30(38)8-5-27;1-22-16-25(18-27(17-22)42-11-10-39-21-31(42)43)33(45)41-14-12-40(13-15-41)32(44)24-4-7-30(46-28-8-9-38-20-28)29(19-24)23-2-5-26(6-3-23)34(35,36)37;1-23-17-26(19-27(18-23)38-12-11-35-22-31(38)39)33(41)37-15-13-36(14-16-37)32(40)25-7-8-30(42-28-9-10-34-21-28)29(20-25)24-5-3-2-4-6-24/h4-9,19-22,25,32-33,39-40H,10-18,23-24H2,1-3H3;4,7,16-19,23,26,28,38-39H,2-3,5-6,8-15,20-21H2,1H3;7-8,17-20,24,28,34-35H,2-6,9-16,21-22H2,1H3/t32-,33-;23?,26?,28-;28-/m000/s1. The van der Waals surface area contributed by atoms with Gasteiger partial charge in [-0.15, -0.1) is 0 Å². The summed E-state index contributed by atoms with van der Waals surface area (Å²) in [6, 6.07) is 40.5. The van der Waals surface area contributed by atoms with Gasteiger partial charge in [0.1, 0.15) is 41.4 Å². The predicted molar refractivity (Wildman–Crippen MR) is 510 cm³/mol. The topological polar surface area (TPSA) is 266 Å². The first-order valence-electron chi connectivity index (χ1n) is 48.7. The molecule has 7 aromatic rings. The molecule has 716 valence electrons. The molecule has 11 aliphatic rings. The van der Waals surface area contributed by atoms with Crippen LogP contribution in [0.1, 0.15) is 199 Å². The first-order valence-corrected chi connectivity index (χ1v) is 48.7. The van der Waals surface area contributed by atoms with E-state index in [1.54, 1.807) is 49.9 Å². The molecule has 26 nitrogen and oxygen atoms in total. The van der Waals surface area contributed by atoms with Crippen molar-refractivity contribution in [3.05, 3.63) is 200 Å². The Kier molecular flexibility index (Phi) is 31.7. The van der Waals surface area contributed by atoms with Crippen molar-refractivity contribution in [2.45, 2.75) is 160 Å². The van der Waals surface area contributed by atoms with E-state index in [0.717, 1.165) is 154 Å². The number of anilines is 3. The van der Waals surface area contributed by atoms with E-state index < -0.39 is 12.1 Å². The maximum atomic E-state index is 14.2. The Morgan fingerprint density at radius 1 is 0.388 bits per heavy atom. The average Bonchev–Trinajstić information content (AvgIpc) is 1.68. The Balaban J connectivity index is 0.000000146. The molecule has 9 aliphatic heterocycles. The molecule has 8 amide bonds. The molecule has 30 heteroatoms. The number of ether oxygens (including phenoxy) is 3. The molecule has 9 heterocycles. The Morgan fingerprint density at radius 3 is 1.23 bits per heavy atom. The molecule has 4 atom stereocenters. The van der Waals surface area contributed by atoms with Crippen molar-refractivity contribution in [3.63, 3.8) is 0 Å². The van der Waals surface area contributed by atoms with E-state index in [1.165, 1.54) is 37.0 Å². The van der Waals surface area contributed by atoms with Crippen molar-refractivity contribution in [3.8, 4) is 28.4 Å². The highest BCUT2D eigenvalue weighted by Gasteiger charge is 2.43. The number of piperazine rings is 6. The summed E-state index contributed by atoms with van der Waals surface area (Å²) in [6.45, 7) is 26.9. The molecular weight excluding hydrogens is 1710 g/mol. The van der Waals surface area contributed by atoms with Crippen LogP contribution in [0.2, 0.25) is 0 Å². The van der Waals surface area contributed by atoms with Gasteiger partial charge in [0.25, 0.3) is 35.4 Å². The summed E-state index contributed by atoms with van der Waals surface area (Å²) in [6.07, 6.45) is 6.50. The normalized spacial score (nSPS) is 22.2. The number of halogens is 4. The van der Waals surface area contributed by atoms with E-state index in [-0.39, 0.29) is 103 Å². The van der Waals surface area contributed by atoms with Gasteiger partial charge < -0.3 is 90.2 Å². The summed E-state index contributed by atoms with van der Waals surface area (Å²) in [5.74, 6) is 0.924. The number of benzene rings is 7. The fourth-order valence-corrected chi connectivity index (χ4v) is 20.9. The number of nitrogens with one attached hydrogen (secondary N) is 6. The zero-order valence-corrected chi connectivity index (χ0v) is 78.1. The largest absolute Gasteiger partial charge is 0.489 e. The van der Waals surface area contributed by atoms with E-state index in [4.69, 9.17) is 14.2 Å². The number of alkyl halides is 3. The van der Waals surface area contributed by atoms with E-state index in [9.17, 15) is 55.9 Å². The van der Waals surface area contributed by atoms with Gasteiger partial charge in [-0.1, -0.05) is 45.2 Å². The van der Waals surface area contributed by atoms with Gasteiger partial charge in [0, 0.05) is 206 Å². The van der Waals surface area contributed by atoms with Crippen LogP contribution in [0, 0.1) is 38.4 Å². The molecule has 11 fully saturated rings. The van der Waals surface area contributed by atoms with Crippen molar-refractivity contribution in [1.82, 2.24) is 61.3 Å². The average molecular weight is 1840 g/mol. The van der Waals surface area contributed by atoms with E-state index in [1.807, 2.05) is 119 Å². The quantitative estimate of drug-likeness (QED) is 0.0387. The van der Waals surface area contributed by atoms with E-state index >= 15 is 0 Å². The molecule has 9 saturated heterocycles. The molecule has 0 radical (unpaired) electrons. The molecule has 2 saturated carbocycles. The predicted octanol–water partition coefficient (Wildman–Crippen LogP) is 12.4. The number of hydrogen-bond donors (Lipinski definition) is 6. The van der Waals surface area contributed by atoms with Crippen molar-refractivity contribution >= 4 is 64.3 Å². The van der Waals surface area contributed by atoms with E-state index in [0.29, 0.717) is 180 Å². The lowest BCUT2D eigenvalue weighted by Crippen LogP contribution is -2.57. The first kappa shape index (κ1) is 96.1. The molecule has 7 aromatic carbocycles. The molecule has 2 aliphatic carbocycles. The highest BCUT2D eigenvalue weighted by atomic mass is 19.4. The van der Waals surface area contributed by atoms with Crippen molar-refractivity contribution < 1.29 is 70.1 Å². The van der Waals surface area contributed by atoms with Crippen LogP contribution >= 0.6 is 0 Å². The number of hydrogen-bond acceptors (Lipinski definition) is 18. The fraction of sp³-hybridized carbons (Fsp3) is 0.519. The fourth-order valence-electron chi connectivity index (χ4n) is 20.9. The van der Waals surface area contributed by atoms with Gasteiger partial charge in [-0.2, -0.15) is 13.2 Å². The second-order valence-electron chi connectivity index (χ2n) is 38.4. The highest BCUT2D eigenvalue weighted by molar-refractivity contribution is 6.03. The number of amides is 8. The van der Waals surface area contributed by atoms with E-state index in [2.05, 4.69) is 62.8 Å². The summed E-state index contributed by atoms with van der Waals surface area (Å²) in [7, 11) is 0. The SMILES string of the molecule is Cc1cc(C(=O)N2CCN(C(=O)c3ccc(O[C@H]4CCNC4)c(-c4ccc(F)cc4)c3)[C@@H](CC(C)C)C2)cc(N2CCNCC2)c1.Cc1cc(C(=O)N2CCN(C(=O)c3ccc(O[C@H]4CCNC4)c(C4CCC(C(F)(F)F)CC4)c3)CC2)cc(N2CCNCC2=O)c1.Cc1cc(C(=O)N2CCN(C(=O)c3ccc(O[C@H]4CCNC4)c(C4CCCCC4)c3)CC2)cc(N2CCNCC2=O)c1. The first-order chi connectivity index (χ1) is 64.8. The molecule has 0 aromatic heterocycles. The summed E-state index contributed by atoms with van der Waals surface area (Å²) < 4.78 is 73.0. The van der Waals surface area contributed by atoms with Gasteiger partial charge in [-0.25, -0.2) is 4.39 Å². The zero-order valence-electron chi connectivity index (χ0n) is 78.1. The number of carbonyl (C=O) groups is 8. The second-order valence-corrected chi connectivity index (χ2v) is 38.4. The van der Waals surface area contributed by atoms with Gasteiger partial charge in [0.05, 0.1) is 19.0 Å². The van der Waals surface area contributed by atoms with Crippen molar-refractivity contribution in [2.24, 2.45) is 11.8 Å². The second kappa shape index (κ2) is 44.2. The maximum absolute atomic E-state index is 14.2. The number of aryl methyl sites for hydroxylation is 3. The zero-order chi connectivity index (χ0) is 93.7. The van der Waals surface area contributed by atoms with Crippen molar-refractivity contribution in [1.29, 1.82) is 0 Å². The van der Waals surface area contributed by atoms with Crippen LogP contribution in [0.3, 0.4) is 0 Å². The van der Waals surface area contributed by atoms with Gasteiger partial charge >= 0.3 is 6.18 Å². The minimum Gasteiger partial charge on any atom is -0.489 e. The third-order valence-electron chi connectivity index (χ3n) is 28.2. The lowest BCUT2D eigenvalue weighted by atomic mass is 9.78. The van der Waals surface area contributed by atoms with Gasteiger partial charge in [-0.3, -0.25) is 38.4 Å². The van der Waals surface area contributed by atoms with Crippen LogP contribution in [0.15, 0.2) is 133 Å². The Labute approximate surface area is 784 Å². The third kappa shape index (κ3) is 23.9. The molecular formula is C104H131F4N15O11. The molecule has 134 heavy (non-hydrogen) atoms. The number of carbonyl (C=O) groups excluding carboxylic acids is 8. The molecule has 0 spiro atoms. The lowest BCUT2D eigenvalue weighted by molar-refractivity contribution is -0.182. The summed E-state index contributed by atoms with van der Waals surface area (Å²) in [5, 5.41) is 19.5. The van der Waals surface area contributed by atoms with Gasteiger partial charge in [0.15, 0.2) is 0 Å². The van der Waals surface area contributed by atoms with Crippen LogP contribution in [0.4, 0.5) is 34.6 Å². The minimum atomic E-state index is -4.19. The number of nitrogens with zero attached hydrogens (tertiary/aromatic N) is 9. The lowest BCUT2D eigenvalue weighted by Gasteiger charge is -2.42. The summed E-state index contributed by atoms with van der Waals surface area (Å²) in [4.78, 5) is 124. The molecule has 0 unspecified atom stereocenters. The van der Waals surface area contributed by atoms with Gasteiger partial charge in [-0.05, 0) is 277 Å².